The molecule has 2 aromatic carbocycles. The number of anilines is 2. The van der Waals surface area contributed by atoms with Crippen molar-refractivity contribution in [3.8, 4) is 23.5 Å². The lowest BCUT2D eigenvalue weighted by Crippen LogP contribution is -2.59. The second-order valence-corrected chi connectivity index (χ2v) is 15.5. The molecule has 0 bridgehead atoms. The van der Waals surface area contributed by atoms with Gasteiger partial charge in [-0.25, -0.2) is 0 Å². The zero-order chi connectivity index (χ0) is 32.7. The van der Waals surface area contributed by atoms with Crippen LogP contribution in [0.5, 0.6) is 0 Å². The highest BCUT2D eigenvalue weighted by atomic mass is 16.2. The number of hydrogen-bond acceptors (Lipinski definition) is 5. The Kier molecular flexibility index (Phi) is 7.24. The molecule has 6 nitrogen and oxygen atoms in total. The minimum absolute atomic E-state index is 0.0338. The number of piperidine rings is 1. The van der Waals surface area contributed by atoms with Crippen LogP contribution in [-0.2, 0) is 11.2 Å². The van der Waals surface area contributed by atoms with E-state index in [1.807, 2.05) is 4.90 Å². The first-order chi connectivity index (χ1) is 22.6. The number of rotatable bonds is 5. The molecule has 244 valence electrons. The lowest BCUT2D eigenvalue weighted by Gasteiger charge is -2.47. The lowest BCUT2D eigenvalue weighted by atomic mass is 9.79. The van der Waals surface area contributed by atoms with Crippen LogP contribution in [0.1, 0.15) is 54.4 Å². The Bertz CT molecular complexity index is 1730. The van der Waals surface area contributed by atoms with Crippen LogP contribution in [0.3, 0.4) is 0 Å². The van der Waals surface area contributed by atoms with E-state index in [1.165, 1.54) is 79.3 Å². The maximum absolute atomic E-state index is 12.3. The first-order valence-electron chi connectivity index (χ1n) is 17.7. The van der Waals surface area contributed by atoms with Gasteiger partial charge in [0.25, 0.3) is 0 Å². The van der Waals surface area contributed by atoms with Crippen LogP contribution >= 0.6 is 0 Å². The molecule has 1 amide bonds. The summed E-state index contributed by atoms with van der Waals surface area (Å²) in [5.41, 5.74) is 12.3. The summed E-state index contributed by atoms with van der Waals surface area (Å²) >= 11 is 0. The van der Waals surface area contributed by atoms with E-state index in [0.29, 0.717) is 11.6 Å². The maximum Gasteiger partial charge on any atom is 0.245 e. The smallest absolute Gasteiger partial charge is 0.245 e. The van der Waals surface area contributed by atoms with Crippen molar-refractivity contribution < 1.29 is 4.79 Å². The van der Waals surface area contributed by atoms with Crippen LogP contribution in [0.4, 0.5) is 11.4 Å². The average Bonchev–Trinajstić information content (AvgIpc) is 3.59. The van der Waals surface area contributed by atoms with Crippen LogP contribution in [0, 0.1) is 24.7 Å². The summed E-state index contributed by atoms with van der Waals surface area (Å²) in [4.78, 5) is 24.8. The Morgan fingerprint density at radius 1 is 0.957 bits per heavy atom. The van der Waals surface area contributed by atoms with Gasteiger partial charge in [-0.15, -0.1) is 6.42 Å². The number of hydrogen-bond donors (Lipinski definition) is 0. The van der Waals surface area contributed by atoms with Crippen LogP contribution < -0.4 is 9.80 Å². The van der Waals surface area contributed by atoms with Crippen molar-refractivity contribution in [2.24, 2.45) is 5.41 Å². The van der Waals surface area contributed by atoms with Crippen LogP contribution in [0.25, 0.3) is 16.7 Å². The van der Waals surface area contributed by atoms with Gasteiger partial charge in [0, 0.05) is 87.1 Å². The molecule has 2 aromatic rings. The minimum Gasteiger partial charge on any atom is -0.371 e. The number of benzene rings is 2. The Labute approximate surface area is 281 Å². The second-order valence-electron chi connectivity index (χ2n) is 15.5. The molecule has 47 heavy (non-hydrogen) atoms. The zero-order valence-corrected chi connectivity index (χ0v) is 28.4. The molecular weight excluding hydrogens is 578 g/mol. The van der Waals surface area contributed by atoms with Crippen molar-refractivity contribution >= 4 is 22.9 Å². The molecule has 0 aromatic heterocycles. The molecule has 0 N–H and O–H groups in total. The van der Waals surface area contributed by atoms with Crippen molar-refractivity contribution in [2.75, 3.05) is 75.8 Å². The summed E-state index contributed by atoms with van der Waals surface area (Å²) in [7, 11) is 2.32. The number of nitrogens with zero attached hydrogens (tertiary/aromatic N) is 5. The van der Waals surface area contributed by atoms with Crippen molar-refractivity contribution in [3.63, 3.8) is 0 Å². The highest BCUT2D eigenvalue weighted by Gasteiger charge is 2.51. The summed E-state index contributed by atoms with van der Waals surface area (Å²) in [5, 5.41) is 0. The maximum atomic E-state index is 12.3. The third-order valence-corrected chi connectivity index (χ3v) is 12.7. The standard InChI is InChI=1S/C41H49N5O/c1-7-33-36(39-28(3)9-10-34-30(5)29(4)21-35(34)39)22-32(23-37(33)45-18-15-40(24-45)25-46(26-40)38(47)8-2)43-16-11-31(12-17-43)44-20-19-42(6)41(27-44)13-14-41/h1,8-10,22-23,31H,2,4-5,11-21,24-27H2,3,6H3. The first-order valence-corrected chi connectivity index (χ1v) is 17.7. The van der Waals surface area contributed by atoms with Gasteiger partial charge in [0.15, 0.2) is 0 Å². The zero-order valence-electron chi connectivity index (χ0n) is 28.4. The average molecular weight is 628 g/mol. The number of allylic oxidation sites excluding steroid dienone is 2. The van der Waals surface area contributed by atoms with E-state index in [9.17, 15) is 4.79 Å². The largest absolute Gasteiger partial charge is 0.371 e. The number of carbonyl (C=O) groups excluding carboxylic acids is 1. The monoisotopic (exact) mass is 627 g/mol. The third-order valence-electron chi connectivity index (χ3n) is 12.7. The van der Waals surface area contributed by atoms with E-state index in [-0.39, 0.29) is 11.3 Å². The number of fused-ring (bicyclic) bond motifs is 1. The Morgan fingerprint density at radius 3 is 2.43 bits per heavy atom. The Hall–Kier alpha value is -3.79. The molecule has 0 radical (unpaired) electrons. The summed E-state index contributed by atoms with van der Waals surface area (Å²) < 4.78 is 0. The SMILES string of the molecule is C#Cc1c(-c2c(C)ccc3c2CC(=C)C3=C)cc(N2CCC(N3CCN(C)C4(CC4)C3)CC2)cc1N1CCC2(CN(C(=O)C=C)C2)C1. The van der Waals surface area contributed by atoms with Crippen molar-refractivity contribution in [1.82, 2.24) is 14.7 Å². The molecule has 1 saturated carbocycles. The number of likely N-dealkylation sites (tertiary alicyclic amines) is 1. The summed E-state index contributed by atoms with van der Waals surface area (Å²) in [6.45, 7) is 23.8. The topological polar surface area (TPSA) is 33.3 Å². The normalized spacial score (nSPS) is 23.7. The molecule has 4 saturated heterocycles. The van der Waals surface area contributed by atoms with E-state index in [2.05, 4.69) is 83.5 Å². The molecule has 2 spiro atoms. The van der Waals surface area contributed by atoms with Crippen molar-refractivity contribution in [2.45, 2.75) is 57.0 Å². The summed E-state index contributed by atoms with van der Waals surface area (Å²) in [5.74, 6) is 3.22. The van der Waals surface area contributed by atoms with E-state index in [4.69, 9.17) is 6.42 Å². The van der Waals surface area contributed by atoms with Crippen LogP contribution in [0.15, 0.2) is 55.7 Å². The van der Waals surface area contributed by atoms with Crippen molar-refractivity contribution in [1.29, 1.82) is 0 Å². The Balaban J connectivity index is 1.13. The predicted octanol–water partition coefficient (Wildman–Crippen LogP) is 5.74. The van der Waals surface area contributed by atoms with Crippen molar-refractivity contribution in [3.05, 3.63) is 77.9 Å². The third kappa shape index (κ3) is 4.97. The molecule has 0 atom stereocenters. The molecule has 8 rings (SSSR count). The number of amides is 1. The molecule has 4 aliphatic heterocycles. The Morgan fingerprint density at radius 2 is 1.72 bits per heavy atom. The highest BCUT2D eigenvalue weighted by Crippen LogP contribution is 2.48. The summed E-state index contributed by atoms with van der Waals surface area (Å²) in [6, 6.07) is 9.87. The van der Waals surface area contributed by atoms with Gasteiger partial charge in [-0.2, -0.15) is 0 Å². The van der Waals surface area contributed by atoms with Gasteiger partial charge in [0.2, 0.25) is 5.91 Å². The highest BCUT2D eigenvalue weighted by molar-refractivity contribution is 5.93. The van der Waals surface area contributed by atoms with Gasteiger partial charge in [-0.05, 0) is 104 Å². The van der Waals surface area contributed by atoms with Crippen LogP contribution in [0.2, 0.25) is 0 Å². The molecule has 5 fully saturated rings. The molecule has 6 heteroatoms. The molecule has 0 unspecified atom stereocenters. The van der Waals surface area contributed by atoms with E-state index in [1.54, 1.807) is 0 Å². The lowest BCUT2D eigenvalue weighted by molar-refractivity contribution is -0.136. The molecule has 4 heterocycles. The fourth-order valence-electron chi connectivity index (χ4n) is 9.54. The van der Waals surface area contributed by atoms with Gasteiger partial charge in [0.1, 0.15) is 0 Å². The minimum atomic E-state index is 0.0338. The second kappa shape index (κ2) is 11.1. The molecule has 2 aliphatic carbocycles. The van der Waals surface area contributed by atoms with Gasteiger partial charge in [-0.3, -0.25) is 14.6 Å². The number of aryl methyl sites for hydroxylation is 1. The fraction of sp³-hybridized carbons (Fsp3) is 0.488. The number of carbonyl (C=O) groups is 1. The van der Waals surface area contributed by atoms with Gasteiger partial charge in [-0.1, -0.05) is 37.8 Å². The molecular formula is C41H49N5O. The van der Waals surface area contributed by atoms with Gasteiger partial charge >= 0.3 is 0 Å². The first kappa shape index (κ1) is 30.5. The molecule has 6 aliphatic rings. The quantitative estimate of drug-likeness (QED) is 0.312. The predicted molar refractivity (Wildman–Crippen MR) is 194 cm³/mol. The summed E-state index contributed by atoms with van der Waals surface area (Å²) in [6.07, 6.45) is 14.9. The fourth-order valence-corrected chi connectivity index (χ4v) is 9.54. The van der Waals surface area contributed by atoms with Gasteiger partial charge < -0.3 is 14.7 Å². The number of terminal acetylenes is 1. The van der Waals surface area contributed by atoms with Gasteiger partial charge in [0.05, 0.1) is 11.3 Å². The van der Waals surface area contributed by atoms with E-state index >= 15 is 0 Å². The van der Waals surface area contributed by atoms with Crippen LogP contribution in [-0.4, -0.2) is 98.1 Å². The van der Waals surface area contributed by atoms with E-state index < -0.39 is 0 Å². The number of likely N-dealkylation sites (N-methyl/N-ethyl adjacent to an activating group) is 1. The number of piperazine rings is 1. The van der Waals surface area contributed by atoms with E-state index in [0.717, 1.165) is 80.1 Å².